The van der Waals surface area contributed by atoms with E-state index < -0.39 is 5.97 Å². The van der Waals surface area contributed by atoms with E-state index in [1.807, 2.05) is 24.3 Å². The predicted molar refractivity (Wildman–Crippen MR) is 61.3 cm³/mol. The Morgan fingerprint density at radius 1 is 1.38 bits per heavy atom. The maximum absolute atomic E-state index is 10.7. The Bertz CT molecular complexity index is 418. The van der Waals surface area contributed by atoms with Crippen molar-refractivity contribution in [1.29, 1.82) is 0 Å². The minimum absolute atomic E-state index is 0.357. The average molecular weight is 219 g/mol. The quantitative estimate of drug-likeness (QED) is 0.472. The number of benzene rings is 1. The predicted octanol–water partition coefficient (Wildman–Crippen LogP) is 1.28. The standard InChI is InChI=1S/C12H13NO3/c1-15-11-7-4-3-6-10(11)13-9-5-8-12(14)16-2/h3-4,6-7,13H,9H2,1-2H3. The van der Waals surface area contributed by atoms with Gasteiger partial charge in [-0.1, -0.05) is 18.1 Å². The van der Waals surface area contributed by atoms with Crippen molar-refractivity contribution in [2.75, 3.05) is 26.1 Å². The van der Waals surface area contributed by atoms with Gasteiger partial charge in [0.05, 0.1) is 26.5 Å². The molecule has 0 bridgehead atoms. The third-order valence-electron chi connectivity index (χ3n) is 1.85. The molecule has 0 fully saturated rings. The lowest BCUT2D eigenvalue weighted by atomic mass is 10.3. The van der Waals surface area contributed by atoms with Gasteiger partial charge in [0.2, 0.25) is 0 Å². The molecule has 1 aromatic carbocycles. The molecule has 84 valence electrons. The van der Waals surface area contributed by atoms with Crippen LogP contribution in [0.1, 0.15) is 0 Å². The van der Waals surface area contributed by atoms with Crippen molar-refractivity contribution in [2.45, 2.75) is 0 Å². The van der Waals surface area contributed by atoms with Crippen LogP contribution in [0.25, 0.3) is 0 Å². The van der Waals surface area contributed by atoms with Crippen molar-refractivity contribution in [2.24, 2.45) is 0 Å². The molecule has 0 atom stereocenters. The van der Waals surface area contributed by atoms with Crippen LogP contribution in [0.2, 0.25) is 0 Å². The highest BCUT2D eigenvalue weighted by molar-refractivity contribution is 5.88. The monoisotopic (exact) mass is 219 g/mol. The normalized spacial score (nSPS) is 8.62. The van der Waals surface area contributed by atoms with E-state index in [1.165, 1.54) is 7.11 Å². The summed E-state index contributed by atoms with van der Waals surface area (Å²) in [5.74, 6) is 5.17. The van der Waals surface area contributed by atoms with E-state index in [-0.39, 0.29) is 0 Å². The van der Waals surface area contributed by atoms with Gasteiger partial charge < -0.3 is 14.8 Å². The van der Waals surface area contributed by atoms with E-state index >= 15 is 0 Å². The van der Waals surface area contributed by atoms with Crippen LogP contribution < -0.4 is 10.1 Å². The molecule has 0 aliphatic rings. The van der Waals surface area contributed by atoms with Crippen LogP contribution >= 0.6 is 0 Å². The molecule has 0 spiro atoms. The zero-order valence-corrected chi connectivity index (χ0v) is 9.24. The Hall–Kier alpha value is -2.15. The lowest BCUT2D eigenvalue weighted by Crippen LogP contribution is -2.02. The number of para-hydroxylation sites is 2. The maximum Gasteiger partial charge on any atom is 0.384 e. The molecule has 0 radical (unpaired) electrons. The first-order valence-electron chi connectivity index (χ1n) is 4.71. The van der Waals surface area contributed by atoms with Gasteiger partial charge in [0, 0.05) is 5.92 Å². The van der Waals surface area contributed by atoms with Crippen LogP contribution in [-0.4, -0.2) is 26.7 Å². The highest BCUT2D eigenvalue weighted by atomic mass is 16.5. The molecule has 16 heavy (non-hydrogen) atoms. The molecule has 0 heterocycles. The van der Waals surface area contributed by atoms with Crippen LogP contribution in [0.3, 0.4) is 0 Å². The number of rotatable bonds is 3. The molecule has 4 heteroatoms. The molecular weight excluding hydrogens is 206 g/mol. The summed E-state index contributed by atoms with van der Waals surface area (Å²) in [5.41, 5.74) is 0.837. The van der Waals surface area contributed by atoms with Crippen LogP contribution in [-0.2, 0) is 9.53 Å². The summed E-state index contributed by atoms with van der Waals surface area (Å²) in [6, 6.07) is 7.48. The largest absolute Gasteiger partial charge is 0.495 e. The summed E-state index contributed by atoms with van der Waals surface area (Å²) < 4.78 is 9.52. The SMILES string of the molecule is COC(=O)C#CCNc1ccccc1OC. The molecule has 0 amide bonds. The Balaban J connectivity index is 2.53. The van der Waals surface area contributed by atoms with E-state index in [2.05, 4.69) is 21.9 Å². The smallest absolute Gasteiger partial charge is 0.384 e. The van der Waals surface area contributed by atoms with Gasteiger partial charge in [0.25, 0.3) is 0 Å². The highest BCUT2D eigenvalue weighted by Gasteiger charge is 1.98. The number of carbonyl (C=O) groups excluding carboxylic acids is 1. The fraction of sp³-hybridized carbons (Fsp3) is 0.250. The summed E-state index contributed by atoms with van der Waals surface area (Å²) >= 11 is 0. The second kappa shape index (κ2) is 6.36. The van der Waals surface area contributed by atoms with Crippen molar-refractivity contribution >= 4 is 11.7 Å². The van der Waals surface area contributed by atoms with Gasteiger partial charge in [0.15, 0.2) is 0 Å². The first-order valence-corrected chi connectivity index (χ1v) is 4.71. The van der Waals surface area contributed by atoms with E-state index in [4.69, 9.17) is 4.74 Å². The number of hydrogen-bond acceptors (Lipinski definition) is 4. The van der Waals surface area contributed by atoms with Crippen molar-refractivity contribution in [3.63, 3.8) is 0 Å². The molecule has 1 aromatic rings. The first kappa shape index (κ1) is 11.9. The van der Waals surface area contributed by atoms with E-state index in [0.29, 0.717) is 6.54 Å². The maximum atomic E-state index is 10.7. The van der Waals surface area contributed by atoms with Crippen LogP contribution in [0.5, 0.6) is 5.75 Å². The van der Waals surface area contributed by atoms with Crippen LogP contribution in [0.4, 0.5) is 5.69 Å². The second-order valence-electron chi connectivity index (χ2n) is 2.85. The van der Waals surface area contributed by atoms with Gasteiger partial charge in [-0.15, -0.1) is 0 Å². The molecule has 0 aliphatic heterocycles. The number of anilines is 1. The topological polar surface area (TPSA) is 47.6 Å². The molecule has 0 saturated carbocycles. The summed E-state index contributed by atoms with van der Waals surface area (Å²) in [6.45, 7) is 0.357. The fourth-order valence-corrected chi connectivity index (χ4v) is 1.10. The molecular formula is C12H13NO3. The molecule has 0 unspecified atom stereocenters. The highest BCUT2D eigenvalue weighted by Crippen LogP contribution is 2.22. The van der Waals surface area contributed by atoms with Crippen molar-refractivity contribution in [1.82, 2.24) is 0 Å². The summed E-state index contributed by atoms with van der Waals surface area (Å²) in [4.78, 5) is 10.7. The minimum atomic E-state index is -0.540. The number of methoxy groups -OCH3 is 2. The molecule has 4 nitrogen and oxygen atoms in total. The van der Waals surface area contributed by atoms with Crippen molar-refractivity contribution in [3.8, 4) is 17.6 Å². The number of ether oxygens (including phenoxy) is 2. The molecule has 1 N–H and O–H groups in total. The summed E-state index contributed by atoms with van der Waals surface area (Å²) in [7, 11) is 2.89. The Morgan fingerprint density at radius 2 is 2.12 bits per heavy atom. The van der Waals surface area contributed by atoms with Crippen LogP contribution in [0, 0.1) is 11.8 Å². The molecule has 0 saturated heterocycles. The van der Waals surface area contributed by atoms with Gasteiger partial charge in [-0.3, -0.25) is 0 Å². The average Bonchev–Trinajstić information content (AvgIpc) is 2.34. The van der Waals surface area contributed by atoms with Gasteiger partial charge in [-0.25, -0.2) is 4.79 Å². The van der Waals surface area contributed by atoms with Gasteiger partial charge in [0.1, 0.15) is 5.75 Å². The Labute approximate surface area is 94.6 Å². The summed E-state index contributed by atoms with van der Waals surface area (Å²) in [5, 5.41) is 3.04. The molecule has 0 aliphatic carbocycles. The minimum Gasteiger partial charge on any atom is -0.495 e. The van der Waals surface area contributed by atoms with Crippen LogP contribution in [0.15, 0.2) is 24.3 Å². The van der Waals surface area contributed by atoms with Gasteiger partial charge in [-0.05, 0) is 12.1 Å². The third kappa shape index (κ3) is 3.54. The third-order valence-corrected chi connectivity index (χ3v) is 1.85. The first-order chi connectivity index (χ1) is 7.77. The second-order valence-corrected chi connectivity index (χ2v) is 2.85. The van der Waals surface area contributed by atoms with E-state index in [1.54, 1.807) is 7.11 Å². The number of nitrogens with one attached hydrogen (secondary N) is 1. The van der Waals surface area contributed by atoms with Gasteiger partial charge in [-0.2, -0.15) is 0 Å². The zero-order chi connectivity index (χ0) is 11.8. The number of esters is 1. The van der Waals surface area contributed by atoms with E-state index in [9.17, 15) is 4.79 Å². The Kier molecular flexibility index (Phi) is 4.74. The van der Waals surface area contributed by atoms with E-state index in [0.717, 1.165) is 11.4 Å². The fourth-order valence-electron chi connectivity index (χ4n) is 1.10. The molecule has 1 rings (SSSR count). The molecule has 0 aromatic heterocycles. The lowest BCUT2D eigenvalue weighted by Gasteiger charge is -2.07. The lowest BCUT2D eigenvalue weighted by molar-refractivity contribution is -0.133. The van der Waals surface area contributed by atoms with Gasteiger partial charge >= 0.3 is 5.97 Å². The van der Waals surface area contributed by atoms with Crippen molar-refractivity contribution < 1.29 is 14.3 Å². The van der Waals surface area contributed by atoms with Crippen molar-refractivity contribution in [3.05, 3.63) is 24.3 Å². The summed E-state index contributed by atoms with van der Waals surface area (Å²) in [6.07, 6.45) is 0. The Morgan fingerprint density at radius 3 is 2.81 bits per heavy atom. The zero-order valence-electron chi connectivity index (χ0n) is 9.24. The number of hydrogen-bond donors (Lipinski definition) is 1. The number of carbonyl (C=O) groups is 1.